The Kier molecular flexibility index (Phi) is 7.89. The molecule has 0 atom stereocenters. The minimum absolute atomic E-state index is 0.0333. The summed E-state index contributed by atoms with van der Waals surface area (Å²) in [4.78, 5) is 13.2. The van der Waals surface area contributed by atoms with Gasteiger partial charge in [0.25, 0.3) is 0 Å². The van der Waals surface area contributed by atoms with Gasteiger partial charge in [0.15, 0.2) is 9.84 Å². The molecule has 0 aliphatic rings. The molecule has 9 heteroatoms. The number of aliphatic carboxylic acids is 1. The number of nitrogens with zero attached hydrogens (tertiary/aromatic N) is 1. The van der Waals surface area contributed by atoms with Crippen LogP contribution in [0.2, 0.25) is 5.02 Å². The monoisotopic (exact) mass is 441 g/mol. The van der Waals surface area contributed by atoms with Crippen molar-refractivity contribution >= 4 is 27.4 Å². The minimum atomic E-state index is -3.38. The molecule has 158 valence electrons. The van der Waals surface area contributed by atoms with Gasteiger partial charge in [-0.25, -0.2) is 8.42 Å². The van der Waals surface area contributed by atoms with Gasteiger partial charge >= 0.3 is 5.97 Å². The van der Waals surface area contributed by atoms with E-state index in [1.807, 2.05) is 19.0 Å². The minimum Gasteiger partial charge on any atom is -0.492 e. The zero-order valence-corrected chi connectivity index (χ0v) is 18.1. The zero-order chi connectivity index (χ0) is 21.6. The normalized spacial score (nSPS) is 11.5. The highest BCUT2D eigenvalue weighted by molar-refractivity contribution is 7.91. The van der Waals surface area contributed by atoms with Crippen molar-refractivity contribution in [3.8, 4) is 17.2 Å². The van der Waals surface area contributed by atoms with Crippen LogP contribution >= 0.6 is 11.6 Å². The van der Waals surface area contributed by atoms with Gasteiger partial charge in [-0.2, -0.15) is 0 Å². The molecule has 0 spiro atoms. The Bertz CT molecular complexity index is 975. The summed E-state index contributed by atoms with van der Waals surface area (Å²) in [7, 11) is 0.456. The Morgan fingerprint density at radius 2 is 1.83 bits per heavy atom. The third-order valence-electron chi connectivity index (χ3n) is 3.97. The van der Waals surface area contributed by atoms with Crippen LogP contribution in [0.5, 0.6) is 17.2 Å². The smallest absolute Gasteiger partial charge is 0.307 e. The Balaban J connectivity index is 2.29. The molecule has 0 saturated heterocycles. The summed E-state index contributed by atoms with van der Waals surface area (Å²) in [6.45, 7) is 2.67. The standard InChI is InChI=1S/C20H24ClNO6S/c1-4-29(25,26)17-5-6-19(18(21)13-17)28-16-10-14(11-20(23)24)9-15(12-16)27-8-7-22(2)3/h5-6,9-10,12-13H,4,7-8,11H2,1-3H3,(H,23,24). The average Bonchev–Trinajstić information content (AvgIpc) is 2.62. The van der Waals surface area contributed by atoms with E-state index in [9.17, 15) is 13.2 Å². The third-order valence-corrected chi connectivity index (χ3v) is 6.00. The second-order valence-corrected chi connectivity index (χ2v) is 9.32. The molecule has 0 amide bonds. The fraction of sp³-hybridized carbons (Fsp3) is 0.350. The van der Waals surface area contributed by atoms with Crippen LogP contribution in [-0.2, 0) is 21.1 Å². The van der Waals surface area contributed by atoms with Gasteiger partial charge < -0.3 is 19.5 Å². The number of hydrogen-bond donors (Lipinski definition) is 1. The number of benzene rings is 2. The van der Waals surface area contributed by atoms with Gasteiger partial charge in [0, 0.05) is 12.6 Å². The maximum Gasteiger partial charge on any atom is 0.307 e. The quantitative estimate of drug-likeness (QED) is 0.603. The molecule has 0 aliphatic carbocycles. The van der Waals surface area contributed by atoms with Crippen LogP contribution in [0, 0.1) is 0 Å². The molecule has 2 aromatic carbocycles. The van der Waals surface area contributed by atoms with Crippen molar-refractivity contribution in [2.45, 2.75) is 18.2 Å². The maximum atomic E-state index is 12.0. The summed E-state index contributed by atoms with van der Waals surface area (Å²) in [5.41, 5.74) is 0.510. The number of likely N-dealkylation sites (N-methyl/N-ethyl adjacent to an activating group) is 1. The first kappa shape index (κ1) is 23.0. The molecule has 0 unspecified atom stereocenters. The Hall–Kier alpha value is -2.29. The topological polar surface area (TPSA) is 93.1 Å². The van der Waals surface area contributed by atoms with Crippen molar-refractivity contribution in [3.63, 3.8) is 0 Å². The highest BCUT2D eigenvalue weighted by atomic mass is 35.5. The molecule has 2 aromatic rings. The Labute approximate surface area is 175 Å². The lowest BCUT2D eigenvalue weighted by atomic mass is 10.1. The summed E-state index contributed by atoms with van der Waals surface area (Å²) < 4.78 is 35.5. The molecular weight excluding hydrogens is 418 g/mol. The van der Waals surface area contributed by atoms with Crippen molar-refractivity contribution in [3.05, 3.63) is 47.0 Å². The summed E-state index contributed by atoms with van der Waals surface area (Å²) in [6, 6.07) is 9.10. The first-order valence-corrected chi connectivity index (χ1v) is 11.0. The van der Waals surface area contributed by atoms with Gasteiger partial charge in [0.2, 0.25) is 0 Å². The molecule has 0 aromatic heterocycles. The van der Waals surface area contributed by atoms with E-state index < -0.39 is 15.8 Å². The van der Waals surface area contributed by atoms with E-state index in [1.54, 1.807) is 25.1 Å². The summed E-state index contributed by atoms with van der Waals surface area (Å²) in [5, 5.41) is 9.23. The largest absolute Gasteiger partial charge is 0.492 e. The fourth-order valence-electron chi connectivity index (χ4n) is 2.45. The van der Waals surface area contributed by atoms with Crippen molar-refractivity contribution < 1.29 is 27.8 Å². The number of sulfone groups is 1. The zero-order valence-electron chi connectivity index (χ0n) is 16.5. The second-order valence-electron chi connectivity index (χ2n) is 6.63. The SMILES string of the molecule is CCS(=O)(=O)c1ccc(Oc2cc(CC(=O)O)cc(OCCN(C)C)c2)c(Cl)c1. The number of carboxylic acids is 1. The van der Waals surface area contributed by atoms with E-state index >= 15 is 0 Å². The number of ether oxygens (including phenoxy) is 2. The van der Waals surface area contributed by atoms with E-state index in [0.717, 1.165) is 0 Å². The molecule has 0 bridgehead atoms. The molecule has 0 radical (unpaired) electrons. The molecule has 1 N–H and O–H groups in total. The van der Waals surface area contributed by atoms with Crippen LogP contribution in [0.1, 0.15) is 12.5 Å². The molecule has 0 saturated carbocycles. The van der Waals surface area contributed by atoms with Crippen molar-refractivity contribution in [2.24, 2.45) is 0 Å². The second kappa shape index (κ2) is 9.96. The number of carbonyl (C=O) groups is 1. The van der Waals surface area contributed by atoms with E-state index in [4.69, 9.17) is 26.2 Å². The van der Waals surface area contributed by atoms with Crippen LogP contribution in [-0.4, -0.2) is 57.4 Å². The Morgan fingerprint density at radius 1 is 1.14 bits per heavy atom. The van der Waals surface area contributed by atoms with Crippen LogP contribution in [0.25, 0.3) is 0 Å². The highest BCUT2D eigenvalue weighted by Crippen LogP contribution is 2.34. The van der Waals surface area contributed by atoms with Crippen LogP contribution < -0.4 is 9.47 Å². The van der Waals surface area contributed by atoms with Crippen molar-refractivity contribution in [1.29, 1.82) is 0 Å². The van der Waals surface area contributed by atoms with Crippen molar-refractivity contribution in [2.75, 3.05) is 33.0 Å². The van der Waals surface area contributed by atoms with Gasteiger partial charge in [0.1, 0.15) is 23.9 Å². The summed E-state index contributed by atoms with van der Waals surface area (Å²) in [6.07, 6.45) is -0.192. The molecule has 7 nitrogen and oxygen atoms in total. The van der Waals surface area contributed by atoms with E-state index in [2.05, 4.69) is 0 Å². The Morgan fingerprint density at radius 3 is 2.41 bits per heavy atom. The van der Waals surface area contributed by atoms with Crippen LogP contribution in [0.15, 0.2) is 41.3 Å². The van der Waals surface area contributed by atoms with E-state index in [-0.39, 0.29) is 27.8 Å². The lowest BCUT2D eigenvalue weighted by molar-refractivity contribution is -0.136. The predicted molar refractivity (Wildman–Crippen MR) is 111 cm³/mol. The first-order chi connectivity index (χ1) is 13.6. The van der Waals surface area contributed by atoms with Crippen LogP contribution in [0.4, 0.5) is 0 Å². The fourth-order valence-corrected chi connectivity index (χ4v) is 3.64. The molecular formula is C20H24ClNO6S. The molecule has 29 heavy (non-hydrogen) atoms. The number of carboxylic acid groups (broad SMARTS) is 1. The molecule has 2 rings (SSSR count). The van der Waals surface area contributed by atoms with Gasteiger partial charge in [-0.05, 0) is 50.0 Å². The highest BCUT2D eigenvalue weighted by Gasteiger charge is 2.15. The summed E-state index contributed by atoms with van der Waals surface area (Å²) in [5.74, 6) is 0.0644. The molecule has 0 fully saturated rings. The lowest BCUT2D eigenvalue weighted by Crippen LogP contribution is -2.19. The maximum absolute atomic E-state index is 12.0. The molecule has 0 heterocycles. The first-order valence-electron chi connectivity index (χ1n) is 8.94. The number of halogens is 1. The van der Waals surface area contributed by atoms with Gasteiger partial charge in [-0.15, -0.1) is 0 Å². The number of rotatable bonds is 10. The predicted octanol–water partition coefficient (Wildman–Crippen LogP) is 3.49. The summed E-state index contributed by atoms with van der Waals surface area (Å²) >= 11 is 6.20. The molecule has 0 aliphatic heterocycles. The van der Waals surface area contributed by atoms with Crippen LogP contribution in [0.3, 0.4) is 0 Å². The lowest BCUT2D eigenvalue weighted by Gasteiger charge is -2.14. The van der Waals surface area contributed by atoms with Crippen molar-refractivity contribution in [1.82, 2.24) is 4.90 Å². The average molecular weight is 442 g/mol. The van der Waals surface area contributed by atoms with E-state index in [1.165, 1.54) is 18.2 Å². The third kappa shape index (κ3) is 6.92. The van der Waals surface area contributed by atoms with Gasteiger partial charge in [-0.3, -0.25) is 4.79 Å². The number of hydrogen-bond acceptors (Lipinski definition) is 6. The van der Waals surface area contributed by atoms with E-state index in [0.29, 0.717) is 30.2 Å². The van der Waals surface area contributed by atoms with Gasteiger partial charge in [0.05, 0.1) is 22.1 Å². The van der Waals surface area contributed by atoms with Gasteiger partial charge in [-0.1, -0.05) is 18.5 Å².